The van der Waals surface area contributed by atoms with Crippen LogP contribution in [0.4, 0.5) is 10.7 Å². The summed E-state index contributed by atoms with van der Waals surface area (Å²) in [5, 5.41) is 12.2. The molecule has 3 fully saturated rings. The van der Waals surface area contributed by atoms with E-state index in [1.165, 1.54) is 0 Å². The number of piperazine rings is 1. The van der Waals surface area contributed by atoms with Crippen LogP contribution < -0.4 is 10.2 Å². The number of oxazole rings is 1. The summed E-state index contributed by atoms with van der Waals surface area (Å²) in [6, 6.07) is 2.08. The number of hydrogen-bond acceptors (Lipinski definition) is 6. The quantitative estimate of drug-likeness (QED) is 0.887. The van der Waals surface area contributed by atoms with Crippen molar-refractivity contribution >= 4 is 11.9 Å². The maximum atomic E-state index is 12.3. The Bertz CT molecular complexity index is 664. The third-order valence-corrected chi connectivity index (χ3v) is 5.02. The molecule has 2 aliphatic heterocycles. The highest BCUT2D eigenvalue weighted by atomic mass is 16.5. The molecule has 1 aromatic heterocycles. The summed E-state index contributed by atoms with van der Waals surface area (Å²) in [4.78, 5) is 20.4. The lowest BCUT2D eigenvalue weighted by Crippen LogP contribution is -2.52. The molecule has 1 atom stereocenters. The Kier molecular flexibility index (Phi) is 4.49. The fraction of sp³-hybridized carbons (Fsp3) is 0.706. The second-order valence-corrected chi connectivity index (χ2v) is 6.89. The maximum absolute atomic E-state index is 12.3. The third-order valence-electron chi connectivity index (χ3n) is 5.02. The average Bonchev–Trinajstić information content (AvgIpc) is 3.20. The van der Waals surface area contributed by atoms with Crippen LogP contribution in [-0.4, -0.2) is 61.3 Å². The summed E-state index contributed by atoms with van der Waals surface area (Å²) in [5.41, 5.74) is 0.359. The van der Waals surface area contributed by atoms with Gasteiger partial charge in [-0.25, -0.2) is 9.78 Å². The molecule has 1 N–H and O–H groups in total. The summed E-state index contributed by atoms with van der Waals surface area (Å²) in [6.07, 6.45) is 4.41. The van der Waals surface area contributed by atoms with E-state index in [-0.39, 0.29) is 12.1 Å². The van der Waals surface area contributed by atoms with Crippen molar-refractivity contribution in [2.24, 2.45) is 0 Å². The van der Waals surface area contributed by atoms with Crippen LogP contribution in [0, 0.1) is 11.3 Å². The first kappa shape index (κ1) is 16.2. The number of aromatic nitrogens is 1. The average molecular weight is 345 g/mol. The Hall–Kier alpha value is -2.27. The Labute approximate surface area is 146 Å². The van der Waals surface area contributed by atoms with E-state index in [1.54, 1.807) is 4.90 Å². The lowest BCUT2D eigenvalue weighted by molar-refractivity contribution is 0.108. The number of nitrogens with zero attached hydrogens (tertiary/aromatic N) is 4. The van der Waals surface area contributed by atoms with Crippen molar-refractivity contribution in [3.63, 3.8) is 0 Å². The van der Waals surface area contributed by atoms with E-state index in [9.17, 15) is 10.1 Å². The molecule has 134 valence electrons. The monoisotopic (exact) mass is 345 g/mol. The minimum Gasteiger partial charge on any atom is -0.423 e. The van der Waals surface area contributed by atoms with E-state index in [2.05, 4.69) is 16.4 Å². The second-order valence-electron chi connectivity index (χ2n) is 6.89. The predicted molar refractivity (Wildman–Crippen MR) is 89.4 cm³/mol. The molecule has 0 radical (unpaired) electrons. The fourth-order valence-corrected chi connectivity index (χ4v) is 3.35. The van der Waals surface area contributed by atoms with Gasteiger partial charge in [-0.3, -0.25) is 0 Å². The summed E-state index contributed by atoms with van der Waals surface area (Å²) in [6.45, 7) is 3.84. The van der Waals surface area contributed by atoms with Crippen molar-refractivity contribution in [1.29, 1.82) is 5.26 Å². The van der Waals surface area contributed by atoms with Crippen LogP contribution in [0.1, 0.15) is 43.2 Å². The first-order chi connectivity index (χ1) is 12.2. The normalized spacial score (nSPS) is 23.6. The zero-order valence-electron chi connectivity index (χ0n) is 14.2. The minimum absolute atomic E-state index is 0.0492. The predicted octanol–water partition coefficient (Wildman–Crippen LogP) is 1.43. The number of urea groups is 1. The molecule has 1 aliphatic carbocycles. The summed E-state index contributed by atoms with van der Waals surface area (Å²) >= 11 is 0. The smallest absolute Gasteiger partial charge is 0.317 e. The van der Waals surface area contributed by atoms with Gasteiger partial charge in [-0.2, -0.15) is 5.26 Å². The van der Waals surface area contributed by atoms with Gasteiger partial charge in [-0.1, -0.05) is 0 Å². The maximum Gasteiger partial charge on any atom is 0.317 e. The SMILES string of the molecule is N#Cc1nc(C2CC2)oc1N1CCN(C(=O)NC[C@H]2CCCO2)CC1. The Morgan fingerprint density at radius 3 is 2.72 bits per heavy atom. The van der Waals surface area contributed by atoms with Crippen LogP contribution in [-0.2, 0) is 4.74 Å². The number of amides is 2. The van der Waals surface area contributed by atoms with E-state index < -0.39 is 0 Å². The number of carbonyl (C=O) groups is 1. The van der Waals surface area contributed by atoms with Crippen LogP contribution in [0.2, 0.25) is 0 Å². The number of anilines is 1. The molecule has 8 nitrogen and oxygen atoms in total. The molecule has 2 amide bonds. The molecule has 3 heterocycles. The van der Waals surface area contributed by atoms with Crippen molar-refractivity contribution in [2.75, 3.05) is 44.2 Å². The number of rotatable bonds is 4. The molecule has 0 unspecified atom stereocenters. The van der Waals surface area contributed by atoms with Crippen LogP contribution in [0.15, 0.2) is 4.42 Å². The van der Waals surface area contributed by atoms with E-state index >= 15 is 0 Å². The Morgan fingerprint density at radius 1 is 1.28 bits per heavy atom. The number of hydrogen-bond donors (Lipinski definition) is 1. The molecule has 8 heteroatoms. The van der Waals surface area contributed by atoms with Gasteiger partial charge >= 0.3 is 6.03 Å². The van der Waals surface area contributed by atoms with Gasteiger partial charge in [0.2, 0.25) is 17.5 Å². The van der Waals surface area contributed by atoms with Crippen LogP contribution in [0.25, 0.3) is 0 Å². The molecule has 0 aromatic carbocycles. The Morgan fingerprint density at radius 2 is 2.08 bits per heavy atom. The first-order valence-corrected chi connectivity index (χ1v) is 9.04. The highest BCUT2D eigenvalue weighted by Crippen LogP contribution is 2.41. The molecule has 1 aromatic rings. The summed E-state index contributed by atoms with van der Waals surface area (Å²) < 4.78 is 11.4. The topological polar surface area (TPSA) is 94.6 Å². The fourth-order valence-electron chi connectivity index (χ4n) is 3.35. The zero-order chi connectivity index (χ0) is 17.2. The van der Waals surface area contributed by atoms with Crippen LogP contribution in [0.3, 0.4) is 0 Å². The van der Waals surface area contributed by atoms with Gasteiger partial charge < -0.3 is 24.3 Å². The number of nitrogens with one attached hydrogen (secondary N) is 1. The summed E-state index contributed by atoms with van der Waals surface area (Å²) in [7, 11) is 0. The highest BCUT2D eigenvalue weighted by molar-refractivity contribution is 5.74. The van der Waals surface area contributed by atoms with Crippen LogP contribution in [0.5, 0.6) is 0 Å². The third kappa shape index (κ3) is 3.56. The minimum atomic E-state index is -0.0492. The largest absolute Gasteiger partial charge is 0.423 e. The molecule has 25 heavy (non-hydrogen) atoms. The lowest BCUT2D eigenvalue weighted by atomic mass is 10.2. The summed E-state index contributed by atoms with van der Waals surface area (Å²) in [5.74, 6) is 1.62. The van der Waals surface area contributed by atoms with E-state index in [4.69, 9.17) is 9.15 Å². The number of carbonyl (C=O) groups excluding carboxylic acids is 1. The first-order valence-electron chi connectivity index (χ1n) is 9.04. The Balaban J connectivity index is 1.30. The van der Waals surface area contributed by atoms with Gasteiger partial charge in [0, 0.05) is 45.2 Å². The van der Waals surface area contributed by atoms with Crippen molar-refractivity contribution in [2.45, 2.75) is 37.7 Å². The molecule has 0 bridgehead atoms. The molecule has 1 saturated carbocycles. The molecule has 4 rings (SSSR count). The number of ether oxygens (including phenoxy) is 1. The van der Waals surface area contributed by atoms with Crippen molar-refractivity contribution in [3.05, 3.63) is 11.6 Å². The van der Waals surface area contributed by atoms with Gasteiger partial charge in [-0.05, 0) is 25.7 Å². The van der Waals surface area contributed by atoms with Gasteiger partial charge in [-0.15, -0.1) is 0 Å². The van der Waals surface area contributed by atoms with Gasteiger partial charge in [0.25, 0.3) is 0 Å². The second kappa shape index (κ2) is 6.92. The van der Waals surface area contributed by atoms with Gasteiger partial charge in [0.15, 0.2) is 0 Å². The van der Waals surface area contributed by atoms with E-state index in [0.29, 0.717) is 56.1 Å². The van der Waals surface area contributed by atoms with E-state index in [0.717, 1.165) is 32.3 Å². The molecule has 2 saturated heterocycles. The van der Waals surface area contributed by atoms with Crippen molar-refractivity contribution < 1.29 is 13.9 Å². The molecule has 0 spiro atoms. The highest BCUT2D eigenvalue weighted by Gasteiger charge is 2.32. The zero-order valence-corrected chi connectivity index (χ0v) is 14.2. The van der Waals surface area contributed by atoms with Crippen molar-refractivity contribution in [3.8, 4) is 6.07 Å². The number of nitriles is 1. The van der Waals surface area contributed by atoms with Gasteiger partial charge in [0.1, 0.15) is 6.07 Å². The standard InChI is InChI=1S/C17H23N5O3/c18-10-14-16(25-15(20-14)12-3-4-12)21-5-7-22(8-6-21)17(23)19-11-13-2-1-9-24-13/h12-13H,1-9,11H2,(H,19,23)/t13-/m1/s1. The van der Waals surface area contributed by atoms with Crippen LogP contribution >= 0.6 is 0 Å². The van der Waals surface area contributed by atoms with Gasteiger partial charge in [0.05, 0.1) is 6.10 Å². The van der Waals surface area contributed by atoms with E-state index in [1.807, 2.05) is 4.90 Å². The molecular weight excluding hydrogens is 322 g/mol. The molecular formula is C17H23N5O3. The molecule has 3 aliphatic rings. The lowest BCUT2D eigenvalue weighted by Gasteiger charge is -2.34. The van der Waals surface area contributed by atoms with Crippen molar-refractivity contribution in [1.82, 2.24) is 15.2 Å².